The fourth-order valence-corrected chi connectivity index (χ4v) is 2.72. The summed E-state index contributed by atoms with van der Waals surface area (Å²) in [6.45, 7) is 5.35. The molecule has 1 atom stereocenters. The lowest BCUT2D eigenvalue weighted by atomic mass is 10.1. The molecular weight excluding hydrogens is 352 g/mol. The first-order chi connectivity index (χ1) is 13.0. The number of hydrogen-bond donors (Lipinski definition) is 2. The van der Waals surface area contributed by atoms with Crippen LogP contribution in [0.1, 0.15) is 53.4 Å². The summed E-state index contributed by atoms with van der Waals surface area (Å²) in [6.07, 6.45) is 0. The first kappa shape index (κ1) is 18.8. The molecule has 1 saturated heterocycles. The number of aromatic nitrogens is 2. The number of nitrogens with zero attached hydrogens (tertiary/aromatic N) is 3. The van der Waals surface area contributed by atoms with Crippen LogP contribution in [0.2, 0.25) is 0 Å². The minimum atomic E-state index is -0.984. The lowest BCUT2D eigenvalue weighted by molar-refractivity contribution is 0.00783. The molecule has 9 nitrogen and oxygen atoms in total. The Morgan fingerprint density at radius 2 is 2.07 bits per heavy atom. The number of ether oxygens (including phenoxy) is 1. The Bertz CT molecular complexity index is 802. The number of hydrogen-bond acceptors (Lipinski definition) is 6. The van der Waals surface area contributed by atoms with Gasteiger partial charge in [0.05, 0.1) is 18.8 Å². The zero-order chi connectivity index (χ0) is 19.4. The van der Waals surface area contributed by atoms with Gasteiger partial charge in [-0.05, 0) is 17.7 Å². The Balaban J connectivity index is 1.65. The predicted molar refractivity (Wildman–Crippen MR) is 94.3 cm³/mol. The van der Waals surface area contributed by atoms with Gasteiger partial charge in [0.25, 0.3) is 0 Å². The summed E-state index contributed by atoms with van der Waals surface area (Å²) in [5, 5.41) is 15.8. The second kappa shape index (κ2) is 8.17. The van der Waals surface area contributed by atoms with Gasteiger partial charge in [-0.15, -0.1) is 0 Å². The molecule has 9 heteroatoms. The fraction of sp³-hybridized carbons (Fsp3) is 0.444. The topological polar surface area (TPSA) is 118 Å². The molecule has 2 heterocycles. The molecule has 0 saturated carbocycles. The summed E-state index contributed by atoms with van der Waals surface area (Å²) >= 11 is 0. The van der Waals surface area contributed by atoms with Crippen molar-refractivity contribution in [1.82, 2.24) is 20.4 Å². The third-order valence-corrected chi connectivity index (χ3v) is 4.28. The minimum Gasteiger partial charge on any atom is -0.478 e. The van der Waals surface area contributed by atoms with Crippen LogP contribution in [0, 0.1) is 0 Å². The summed E-state index contributed by atoms with van der Waals surface area (Å²) in [7, 11) is 0. The summed E-state index contributed by atoms with van der Waals surface area (Å²) < 4.78 is 10.7. The van der Waals surface area contributed by atoms with Gasteiger partial charge in [0.15, 0.2) is 5.82 Å². The highest BCUT2D eigenvalue weighted by Gasteiger charge is 2.32. The molecule has 1 aromatic carbocycles. The van der Waals surface area contributed by atoms with E-state index in [9.17, 15) is 9.59 Å². The lowest BCUT2D eigenvalue weighted by Gasteiger charge is -2.33. The van der Waals surface area contributed by atoms with Crippen LogP contribution in [0.5, 0.6) is 0 Å². The predicted octanol–water partition coefficient (Wildman–Crippen LogP) is 2.17. The number of carbonyl (C=O) groups is 2. The monoisotopic (exact) mass is 374 g/mol. The number of rotatable bonds is 5. The minimum absolute atomic E-state index is 0.104. The Morgan fingerprint density at radius 1 is 1.33 bits per heavy atom. The molecule has 2 N–H and O–H groups in total. The average Bonchev–Trinajstić information content (AvgIpc) is 3.17. The third kappa shape index (κ3) is 4.43. The van der Waals surface area contributed by atoms with Gasteiger partial charge >= 0.3 is 12.0 Å². The van der Waals surface area contributed by atoms with E-state index in [2.05, 4.69) is 15.5 Å². The Hall–Kier alpha value is -2.94. The zero-order valence-electron chi connectivity index (χ0n) is 15.2. The van der Waals surface area contributed by atoms with Crippen molar-refractivity contribution < 1.29 is 24.0 Å². The van der Waals surface area contributed by atoms with Crippen molar-refractivity contribution in [2.75, 3.05) is 19.8 Å². The van der Waals surface area contributed by atoms with E-state index in [1.807, 2.05) is 13.8 Å². The van der Waals surface area contributed by atoms with Gasteiger partial charge in [0.1, 0.15) is 6.04 Å². The maximum absolute atomic E-state index is 12.6. The summed E-state index contributed by atoms with van der Waals surface area (Å²) in [5.41, 5.74) is 1.01. The van der Waals surface area contributed by atoms with Crippen molar-refractivity contribution in [1.29, 1.82) is 0 Å². The van der Waals surface area contributed by atoms with Crippen molar-refractivity contribution in [3.05, 3.63) is 47.1 Å². The highest BCUT2D eigenvalue weighted by Crippen LogP contribution is 2.23. The molecule has 1 aliphatic rings. The van der Waals surface area contributed by atoms with Gasteiger partial charge in [-0.1, -0.05) is 31.1 Å². The van der Waals surface area contributed by atoms with E-state index in [1.165, 1.54) is 12.1 Å². The number of amides is 2. The quantitative estimate of drug-likeness (QED) is 0.823. The Labute approximate surface area is 156 Å². The van der Waals surface area contributed by atoms with Crippen LogP contribution >= 0.6 is 0 Å². The molecular formula is C18H22N4O5. The molecule has 3 rings (SSSR count). The van der Waals surface area contributed by atoms with Crippen molar-refractivity contribution in [2.45, 2.75) is 32.4 Å². The lowest BCUT2D eigenvalue weighted by Crippen LogP contribution is -2.48. The van der Waals surface area contributed by atoms with E-state index in [0.717, 1.165) is 5.56 Å². The first-order valence-corrected chi connectivity index (χ1v) is 8.73. The molecule has 1 aliphatic heterocycles. The number of carboxylic acid groups (broad SMARTS) is 1. The number of carbonyl (C=O) groups excluding carboxylic acids is 1. The van der Waals surface area contributed by atoms with Crippen LogP contribution < -0.4 is 5.32 Å². The highest BCUT2D eigenvalue weighted by molar-refractivity contribution is 5.87. The first-order valence-electron chi connectivity index (χ1n) is 8.73. The van der Waals surface area contributed by atoms with Gasteiger partial charge < -0.3 is 24.6 Å². The third-order valence-electron chi connectivity index (χ3n) is 4.28. The summed E-state index contributed by atoms with van der Waals surface area (Å²) in [5.74, 6) is 0.0724. The van der Waals surface area contributed by atoms with Gasteiger partial charge in [0, 0.05) is 19.0 Å². The molecule has 0 aliphatic carbocycles. The smallest absolute Gasteiger partial charge is 0.335 e. The maximum Gasteiger partial charge on any atom is 0.335 e. The molecule has 2 aromatic rings. The van der Waals surface area contributed by atoms with Crippen LogP contribution in [-0.2, 0) is 11.3 Å². The summed E-state index contributed by atoms with van der Waals surface area (Å²) in [6, 6.07) is 5.69. The maximum atomic E-state index is 12.6. The van der Waals surface area contributed by atoms with E-state index in [-0.39, 0.29) is 24.1 Å². The molecule has 1 fully saturated rings. The Kier molecular flexibility index (Phi) is 5.70. The van der Waals surface area contributed by atoms with E-state index in [1.54, 1.807) is 17.0 Å². The molecule has 0 bridgehead atoms. The Morgan fingerprint density at radius 3 is 2.70 bits per heavy atom. The van der Waals surface area contributed by atoms with Crippen LogP contribution in [0.15, 0.2) is 28.8 Å². The standard InChI is InChI=1S/C18H22N4O5/c1-11(2)16-20-15(21-27-16)14-10-26-8-7-22(14)18(25)19-9-12-3-5-13(6-4-12)17(23)24/h3-6,11,14H,7-10H2,1-2H3,(H,19,25)(H,23,24). The second-order valence-corrected chi connectivity index (χ2v) is 6.59. The number of urea groups is 1. The SMILES string of the molecule is CC(C)c1nc(C2COCCN2C(=O)NCc2ccc(C(=O)O)cc2)no1. The van der Waals surface area contributed by atoms with E-state index < -0.39 is 12.0 Å². The number of morpholine rings is 1. The largest absolute Gasteiger partial charge is 0.478 e. The van der Waals surface area contributed by atoms with Gasteiger partial charge in [-0.2, -0.15) is 4.98 Å². The summed E-state index contributed by atoms with van der Waals surface area (Å²) in [4.78, 5) is 29.5. The molecule has 2 amide bonds. The molecule has 0 spiro atoms. The number of nitrogens with one attached hydrogen (secondary N) is 1. The number of carboxylic acids is 1. The van der Waals surface area contributed by atoms with Gasteiger partial charge in [0.2, 0.25) is 5.89 Å². The van der Waals surface area contributed by atoms with Crippen molar-refractivity contribution in [3.8, 4) is 0 Å². The van der Waals surface area contributed by atoms with Crippen LogP contribution in [0.3, 0.4) is 0 Å². The molecule has 27 heavy (non-hydrogen) atoms. The van der Waals surface area contributed by atoms with Gasteiger partial charge in [-0.25, -0.2) is 9.59 Å². The van der Waals surface area contributed by atoms with Crippen molar-refractivity contribution in [2.24, 2.45) is 0 Å². The van der Waals surface area contributed by atoms with E-state index in [0.29, 0.717) is 31.5 Å². The van der Waals surface area contributed by atoms with Crippen LogP contribution in [0.4, 0.5) is 4.79 Å². The van der Waals surface area contributed by atoms with Gasteiger partial charge in [-0.3, -0.25) is 0 Å². The van der Waals surface area contributed by atoms with Crippen LogP contribution in [-0.4, -0.2) is 51.9 Å². The van der Waals surface area contributed by atoms with E-state index in [4.69, 9.17) is 14.4 Å². The molecule has 0 radical (unpaired) electrons. The molecule has 1 unspecified atom stereocenters. The second-order valence-electron chi connectivity index (χ2n) is 6.59. The van der Waals surface area contributed by atoms with E-state index >= 15 is 0 Å². The molecule has 1 aromatic heterocycles. The molecule has 144 valence electrons. The van der Waals surface area contributed by atoms with Crippen molar-refractivity contribution >= 4 is 12.0 Å². The number of aromatic carboxylic acids is 1. The zero-order valence-corrected chi connectivity index (χ0v) is 15.2. The van der Waals surface area contributed by atoms with Crippen molar-refractivity contribution in [3.63, 3.8) is 0 Å². The fourth-order valence-electron chi connectivity index (χ4n) is 2.72. The highest BCUT2D eigenvalue weighted by atomic mass is 16.5. The normalized spacial score (nSPS) is 17.1. The number of benzene rings is 1. The average molecular weight is 374 g/mol. The van der Waals surface area contributed by atoms with Crippen LogP contribution in [0.25, 0.3) is 0 Å².